The molecule has 15 nitrogen and oxygen atoms in total. The summed E-state index contributed by atoms with van der Waals surface area (Å²) in [4.78, 5) is 75.6. The molecule has 1 fully saturated rings. The normalized spacial score (nSPS) is 17.1. The number of fused-ring (bicyclic) bond motifs is 1. The predicted octanol–water partition coefficient (Wildman–Crippen LogP) is 9.30. The van der Waals surface area contributed by atoms with E-state index in [-0.39, 0.29) is 41.6 Å². The van der Waals surface area contributed by atoms with Gasteiger partial charge in [0.15, 0.2) is 16.9 Å². The van der Waals surface area contributed by atoms with Gasteiger partial charge in [-0.25, -0.2) is 9.78 Å². The molecule has 2 unspecified atom stereocenters. The maximum Gasteiger partial charge on any atom is 0.355 e. The van der Waals surface area contributed by atoms with E-state index in [2.05, 4.69) is 52.2 Å². The van der Waals surface area contributed by atoms with Gasteiger partial charge < -0.3 is 35.5 Å². The fraction of sp³-hybridized carbons (Fsp3) is 0.145. The van der Waals surface area contributed by atoms with Crippen LogP contribution in [-0.4, -0.2) is 75.4 Å². The second kappa shape index (κ2) is 22.7. The number of aromatic nitrogens is 1. The molecule has 0 saturated carbocycles. The lowest BCUT2D eigenvalue weighted by atomic mass is 9.77. The molecule has 3 aliphatic rings. The number of thioether (sulfide) groups is 1. The molecule has 11 rings (SSSR count). The van der Waals surface area contributed by atoms with Gasteiger partial charge in [0.2, 0.25) is 5.60 Å². The van der Waals surface area contributed by atoms with E-state index in [4.69, 9.17) is 35.0 Å². The Labute approximate surface area is 463 Å². The molecule has 3 amide bonds. The lowest BCUT2D eigenvalue weighted by molar-refractivity contribution is -0.153. The summed E-state index contributed by atoms with van der Waals surface area (Å²) < 4.78 is 11.1. The van der Waals surface area contributed by atoms with Crippen LogP contribution in [0.1, 0.15) is 51.1 Å². The zero-order valence-electron chi connectivity index (χ0n) is 42.5. The zero-order valence-corrected chi connectivity index (χ0v) is 44.1. The van der Waals surface area contributed by atoms with E-state index in [0.717, 1.165) is 33.4 Å². The highest BCUT2D eigenvalue weighted by atomic mass is 32.2. The van der Waals surface area contributed by atoms with Crippen molar-refractivity contribution in [2.24, 2.45) is 16.0 Å². The van der Waals surface area contributed by atoms with Gasteiger partial charge in [-0.15, -0.1) is 23.1 Å². The Kier molecular flexibility index (Phi) is 14.9. The van der Waals surface area contributed by atoms with Gasteiger partial charge in [-0.3, -0.25) is 19.3 Å². The molecule has 3 aliphatic heterocycles. The Morgan fingerprint density at radius 2 is 1.23 bits per heavy atom. The van der Waals surface area contributed by atoms with Crippen molar-refractivity contribution in [2.75, 3.05) is 18.2 Å². The highest BCUT2D eigenvalue weighted by molar-refractivity contribution is 8.00. The Morgan fingerprint density at radius 1 is 0.722 bits per heavy atom. The maximum absolute atomic E-state index is 15.4. The lowest BCUT2D eigenvalue weighted by Gasteiger charge is -2.50. The van der Waals surface area contributed by atoms with Gasteiger partial charge in [-0.2, -0.15) is 0 Å². The van der Waals surface area contributed by atoms with Crippen LogP contribution in [0, 0.1) is 0 Å². The van der Waals surface area contributed by atoms with Crippen LogP contribution in [0.5, 0.6) is 5.75 Å². The first-order valence-corrected chi connectivity index (χ1v) is 27.3. The molecule has 3 atom stereocenters. The minimum atomic E-state index is -1.40. The van der Waals surface area contributed by atoms with Gasteiger partial charge in [0.05, 0.1) is 7.11 Å². The number of esters is 1. The van der Waals surface area contributed by atoms with E-state index in [1.807, 2.05) is 146 Å². The first-order valence-electron chi connectivity index (χ1n) is 25.3. The summed E-state index contributed by atoms with van der Waals surface area (Å²) in [6, 6.07) is 64.9. The molecule has 1 saturated heterocycles. The molecule has 8 aromatic rings. The first kappa shape index (κ1) is 51.8. The molecule has 79 heavy (non-hydrogen) atoms. The summed E-state index contributed by atoms with van der Waals surface area (Å²) >= 11 is 2.58. The number of benzene rings is 7. The molecule has 0 bridgehead atoms. The van der Waals surface area contributed by atoms with Gasteiger partial charge in [0, 0.05) is 39.8 Å². The van der Waals surface area contributed by atoms with Crippen molar-refractivity contribution >= 4 is 63.3 Å². The summed E-state index contributed by atoms with van der Waals surface area (Å²) in [6.07, 6.45) is -0.898. The molecular weight excluding hydrogens is 1030 g/mol. The molecule has 17 heteroatoms. The molecule has 1 aromatic heterocycles. The second-order valence-electron chi connectivity index (χ2n) is 18.7. The summed E-state index contributed by atoms with van der Waals surface area (Å²) in [5.41, 5.74) is 9.12. The summed E-state index contributed by atoms with van der Waals surface area (Å²) in [6.45, 7) is -0.127. The Balaban J connectivity index is 0.980. The van der Waals surface area contributed by atoms with Crippen molar-refractivity contribution in [2.45, 2.75) is 41.7 Å². The number of nitrogens with two attached hydrogens (primary N) is 1. The largest absolute Gasteiger partial charge is 0.497 e. The molecule has 4 heterocycles. The quantitative estimate of drug-likeness (QED) is 0.0230. The topological polar surface area (TPSA) is 196 Å². The van der Waals surface area contributed by atoms with E-state index in [9.17, 15) is 14.4 Å². The van der Waals surface area contributed by atoms with E-state index in [1.165, 1.54) is 28.0 Å². The zero-order chi connectivity index (χ0) is 54.3. The van der Waals surface area contributed by atoms with Crippen molar-refractivity contribution < 1.29 is 38.3 Å². The SMILES string of the molecule is COc1ccc(COC(=O)C2=C([C@H]3CC(C(N)=O)=NO3)CSC3C(NC(=O)/C(=N\OC(c4ccccc4)(c4ccccc4)c4ccccc4)c4csc(NC(c5ccccc5)(c5ccccc5)c5ccccc5)n4)C(=O)N23)cc1. The highest BCUT2D eigenvalue weighted by Gasteiger charge is 2.56. The molecular formula is C62H51N7O8S2. The molecule has 0 spiro atoms. The second-order valence-corrected chi connectivity index (χ2v) is 20.6. The Morgan fingerprint density at radius 3 is 1.71 bits per heavy atom. The smallest absolute Gasteiger partial charge is 0.355 e. The fourth-order valence-corrected chi connectivity index (χ4v) is 12.3. The average Bonchev–Trinajstić information content (AvgIpc) is 4.37. The summed E-state index contributed by atoms with van der Waals surface area (Å²) in [7, 11) is 1.55. The van der Waals surface area contributed by atoms with Crippen LogP contribution < -0.4 is 21.1 Å². The standard InChI is InChI=1S/C62H51N7O8S2/c1-74-47-34-32-40(33-35-47)37-75-59(73)54-48(51-36-49(55(63)70)67-76-51)38-78-58-53(57(72)69(54)58)65-56(71)52(68-77-62(44-26-14-5-15-27-44,45-28-16-6-17-29-45)46-30-18-7-19-31-46)50-39-79-60(64-50)66-61(41-20-8-2-9-21-41,42-22-10-3-11-23-42)43-24-12-4-13-25-43/h2-35,39,51,53,58H,36-38H2,1H3,(H2,63,70)(H,64,66)(H,65,71)/b68-52-/t51-,53?,58?/m1/s1. The maximum atomic E-state index is 15.4. The number of carbonyl (C=O) groups excluding carboxylic acids is 4. The third kappa shape index (κ3) is 10.1. The number of primary amides is 1. The average molecular weight is 1090 g/mol. The van der Waals surface area contributed by atoms with Crippen LogP contribution in [0.25, 0.3) is 0 Å². The van der Waals surface area contributed by atoms with Gasteiger partial charge in [-0.1, -0.05) is 204 Å². The van der Waals surface area contributed by atoms with E-state index < -0.39 is 52.4 Å². The van der Waals surface area contributed by atoms with E-state index in [1.54, 1.807) is 36.8 Å². The number of carbonyl (C=O) groups is 4. The van der Waals surface area contributed by atoms with Crippen LogP contribution >= 0.6 is 23.1 Å². The Bertz CT molecular complexity index is 3400. The molecule has 394 valence electrons. The number of β-lactam (4-membered cyclic amide) rings is 1. The third-order valence-corrected chi connectivity index (χ3v) is 16.1. The number of amides is 3. The Hall–Kier alpha value is -9.32. The first-order chi connectivity index (χ1) is 38.7. The van der Waals surface area contributed by atoms with Crippen LogP contribution in [0.4, 0.5) is 5.13 Å². The molecule has 0 aliphatic carbocycles. The molecule has 7 aromatic carbocycles. The number of nitrogens with zero attached hydrogens (tertiary/aromatic N) is 4. The van der Waals surface area contributed by atoms with Gasteiger partial charge in [-0.05, 0) is 34.4 Å². The highest BCUT2D eigenvalue weighted by Crippen LogP contribution is 2.45. The predicted molar refractivity (Wildman–Crippen MR) is 303 cm³/mol. The number of anilines is 1. The summed E-state index contributed by atoms with van der Waals surface area (Å²) in [5.74, 6) is -2.15. The minimum absolute atomic E-state index is 0.00761. The minimum Gasteiger partial charge on any atom is -0.497 e. The number of oxime groups is 2. The number of ether oxygens (including phenoxy) is 2. The number of hydrogen-bond acceptors (Lipinski definition) is 14. The van der Waals surface area contributed by atoms with Crippen LogP contribution in [-0.2, 0) is 51.3 Å². The van der Waals surface area contributed by atoms with Gasteiger partial charge >= 0.3 is 5.97 Å². The van der Waals surface area contributed by atoms with E-state index >= 15 is 4.79 Å². The van der Waals surface area contributed by atoms with Crippen molar-refractivity contribution in [3.8, 4) is 5.75 Å². The molecule has 0 radical (unpaired) electrons. The molecule has 4 N–H and O–H groups in total. The van der Waals surface area contributed by atoms with Crippen LogP contribution in [0.15, 0.2) is 233 Å². The number of nitrogens with one attached hydrogen (secondary N) is 2. The van der Waals surface area contributed by atoms with Crippen molar-refractivity contribution in [1.82, 2.24) is 15.2 Å². The van der Waals surface area contributed by atoms with Crippen LogP contribution in [0.2, 0.25) is 0 Å². The fourth-order valence-electron chi connectivity index (χ4n) is 10.1. The summed E-state index contributed by atoms with van der Waals surface area (Å²) in [5, 5.41) is 16.9. The number of hydrogen-bond donors (Lipinski definition) is 3. The lowest BCUT2D eigenvalue weighted by Crippen LogP contribution is -2.71. The van der Waals surface area contributed by atoms with Crippen molar-refractivity contribution in [3.63, 3.8) is 0 Å². The third-order valence-electron chi connectivity index (χ3n) is 14.0. The van der Waals surface area contributed by atoms with Crippen molar-refractivity contribution in [1.29, 1.82) is 0 Å². The van der Waals surface area contributed by atoms with Gasteiger partial charge in [0.1, 0.15) is 46.4 Å². The van der Waals surface area contributed by atoms with E-state index in [0.29, 0.717) is 22.0 Å². The number of rotatable bonds is 19. The number of thiazole rings is 1. The van der Waals surface area contributed by atoms with Crippen LogP contribution in [0.3, 0.4) is 0 Å². The van der Waals surface area contributed by atoms with Gasteiger partial charge in [0.25, 0.3) is 17.7 Å². The number of methoxy groups -OCH3 is 1. The monoisotopic (exact) mass is 1090 g/mol. The van der Waals surface area contributed by atoms with Crippen molar-refractivity contribution in [3.05, 3.63) is 268 Å².